The Morgan fingerprint density at radius 2 is 2.00 bits per heavy atom. The second-order valence-electron chi connectivity index (χ2n) is 5.09. The average Bonchev–Trinajstić information content (AvgIpc) is 2.34. The van der Waals surface area contributed by atoms with Gasteiger partial charge in [0.1, 0.15) is 5.75 Å². The molecular weight excluding hydrogens is 285 g/mol. The molecule has 0 saturated heterocycles. The summed E-state index contributed by atoms with van der Waals surface area (Å²) in [6.07, 6.45) is -4.22. The van der Waals surface area contributed by atoms with Crippen molar-refractivity contribution in [3.8, 4) is 5.75 Å². The minimum atomic E-state index is -4.55. The van der Waals surface area contributed by atoms with Crippen molar-refractivity contribution >= 4 is 5.91 Å². The SMILES string of the molecule is CC(N)Cc1ccc(OCC(=O)N(C)C)c(C(F)(F)F)c1. The molecule has 0 radical (unpaired) electrons. The van der Waals surface area contributed by atoms with Gasteiger partial charge in [0.15, 0.2) is 6.61 Å². The Balaban J connectivity index is 3.00. The van der Waals surface area contributed by atoms with E-state index in [0.717, 1.165) is 6.07 Å². The molecule has 0 fully saturated rings. The van der Waals surface area contributed by atoms with Gasteiger partial charge in [-0.15, -0.1) is 0 Å². The lowest BCUT2D eigenvalue weighted by atomic mass is 10.0. The number of halogens is 3. The van der Waals surface area contributed by atoms with Gasteiger partial charge in [-0.3, -0.25) is 4.79 Å². The summed E-state index contributed by atoms with van der Waals surface area (Å²) in [4.78, 5) is 12.6. The fraction of sp³-hybridized carbons (Fsp3) is 0.500. The molecule has 0 aliphatic rings. The van der Waals surface area contributed by atoms with Crippen LogP contribution in [-0.2, 0) is 17.4 Å². The first-order chi connectivity index (χ1) is 9.61. The molecule has 1 aromatic carbocycles. The lowest BCUT2D eigenvalue weighted by molar-refractivity contribution is -0.140. The summed E-state index contributed by atoms with van der Waals surface area (Å²) in [6, 6.07) is 3.52. The molecule has 1 rings (SSSR count). The first kappa shape index (κ1) is 17.3. The van der Waals surface area contributed by atoms with Crippen LogP contribution in [0, 0.1) is 0 Å². The number of nitrogens with zero attached hydrogens (tertiary/aromatic N) is 1. The average molecular weight is 304 g/mol. The van der Waals surface area contributed by atoms with Crippen molar-refractivity contribution < 1.29 is 22.7 Å². The number of carbonyl (C=O) groups excluding carboxylic acids is 1. The van der Waals surface area contributed by atoms with Crippen molar-refractivity contribution in [3.63, 3.8) is 0 Å². The molecule has 1 amide bonds. The molecule has 7 heteroatoms. The van der Waals surface area contributed by atoms with Gasteiger partial charge in [0.05, 0.1) is 5.56 Å². The smallest absolute Gasteiger partial charge is 0.419 e. The second kappa shape index (κ2) is 6.80. The normalized spacial score (nSPS) is 12.9. The van der Waals surface area contributed by atoms with Gasteiger partial charge in [-0.05, 0) is 31.0 Å². The van der Waals surface area contributed by atoms with Crippen LogP contribution >= 0.6 is 0 Å². The van der Waals surface area contributed by atoms with E-state index in [1.54, 1.807) is 6.92 Å². The molecule has 1 atom stereocenters. The number of hydrogen-bond acceptors (Lipinski definition) is 3. The first-order valence-corrected chi connectivity index (χ1v) is 6.40. The van der Waals surface area contributed by atoms with Gasteiger partial charge in [-0.1, -0.05) is 6.07 Å². The molecule has 1 aromatic rings. The quantitative estimate of drug-likeness (QED) is 0.906. The van der Waals surface area contributed by atoms with Crippen LogP contribution in [0.1, 0.15) is 18.1 Å². The molecule has 0 aromatic heterocycles. The molecule has 4 nitrogen and oxygen atoms in total. The zero-order valence-corrected chi connectivity index (χ0v) is 12.2. The largest absolute Gasteiger partial charge is 0.483 e. The van der Waals surface area contributed by atoms with Crippen molar-refractivity contribution in [2.24, 2.45) is 5.73 Å². The van der Waals surface area contributed by atoms with E-state index in [9.17, 15) is 18.0 Å². The number of rotatable bonds is 5. The van der Waals surface area contributed by atoms with Crippen LogP contribution < -0.4 is 10.5 Å². The molecule has 1 unspecified atom stereocenters. The van der Waals surface area contributed by atoms with E-state index in [-0.39, 0.29) is 11.8 Å². The van der Waals surface area contributed by atoms with Crippen LogP contribution in [0.3, 0.4) is 0 Å². The molecule has 21 heavy (non-hydrogen) atoms. The molecule has 0 heterocycles. The van der Waals surface area contributed by atoms with Crippen molar-refractivity contribution in [3.05, 3.63) is 29.3 Å². The van der Waals surface area contributed by atoms with E-state index in [4.69, 9.17) is 10.5 Å². The highest BCUT2D eigenvalue weighted by Gasteiger charge is 2.34. The van der Waals surface area contributed by atoms with Crippen molar-refractivity contribution in [2.45, 2.75) is 25.6 Å². The minimum Gasteiger partial charge on any atom is -0.483 e. The summed E-state index contributed by atoms with van der Waals surface area (Å²) in [7, 11) is 3.00. The van der Waals surface area contributed by atoms with E-state index < -0.39 is 24.3 Å². The van der Waals surface area contributed by atoms with Crippen LogP contribution in [-0.4, -0.2) is 37.6 Å². The lowest BCUT2D eigenvalue weighted by Crippen LogP contribution is -2.28. The topological polar surface area (TPSA) is 55.6 Å². The number of carbonyl (C=O) groups is 1. The van der Waals surface area contributed by atoms with Crippen LogP contribution in [0.15, 0.2) is 18.2 Å². The maximum absolute atomic E-state index is 13.0. The van der Waals surface area contributed by atoms with E-state index in [2.05, 4.69) is 0 Å². The fourth-order valence-electron chi connectivity index (χ4n) is 1.69. The zero-order chi connectivity index (χ0) is 16.2. The third-order valence-electron chi connectivity index (χ3n) is 2.76. The fourth-order valence-corrected chi connectivity index (χ4v) is 1.69. The first-order valence-electron chi connectivity index (χ1n) is 6.40. The molecule has 2 N–H and O–H groups in total. The number of likely N-dealkylation sites (N-methyl/N-ethyl adjacent to an activating group) is 1. The van der Waals surface area contributed by atoms with Crippen molar-refractivity contribution in [2.75, 3.05) is 20.7 Å². The molecule has 0 bridgehead atoms. The predicted octanol–water partition coefficient (Wildman–Crippen LogP) is 2.06. The lowest BCUT2D eigenvalue weighted by Gasteiger charge is -2.17. The number of amides is 1. The molecule has 0 spiro atoms. The summed E-state index contributed by atoms with van der Waals surface area (Å²) in [5, 5.41) is 0. The molecule has 0 aliphatic heterocycles. The third kappa shape index (κ3) is 5.26. The van der Waals surface area contributed by atoms with Crippen molar-refractivity contribution in [1.29, 1.82) is 0 Å². The summed E-state index contributed by atoms with van der Waals surface area (Å²) in [5.74, 6) is -0.770. The maximum Gasteiger partial charge on any atom is 0.419 e. The number of ether oxygens (including phenoxy) is 1. The highest BCUT2D eigenvalue weighted by molar-refractivity contribution is 5.77. The molecule has 118 valence electrons. The number of alkyl halides is 3. The van der Waals surface area contributed by atoms with E-state index in [1.807, 2.05) is 0 Å². The number of benzene rings is 1. The molecule has 0 aliphatic carbocycles. The predicted molar refractivity (Wildman–Crippen MR) is 73.0 cm³/mol. The summed E-state index contributed by atoms with van der Waals surface area (Å²) in [6.45, 7) is 1.27. The van der Waals surface area contributed by atoms with Crippen LogP contribution in [0.25, 0.3) is 0 Å². The Bertz CT molecular complexity index is 499. The van der Waals surface area contributed by atoms with Gasteiger partial charge >= 0.3 is 6.18 Å². The van der Waals surface area contributed by atoms with Gasteiger partial charge in [0, 0.05) is 20.1 Å². The Labute approximate surface area is 121 Å². The molecule has 0 saturated carbocycles. The zero-order valence-electron chi connectivity index (χ0n) is 12.2. The van der Waals surface area contributed by atoms with Gasteiger partial charge in [0.2, 0.25) is 0 Å². The number of nitrogens with two attached hydrogens (primary N) is 1. The van der Waals surface area contributed by atoms with Crippen LogP contribution in [0.5, 0.6) is 5.75 Å². The second-order valence-corrected chi connectivity index (χ2v) is 5.09. The standard InChI is InChI=1S/C14H19F3N2O2/c1-9(18)6-10-4-5-12(11(7-10)14(15,16)17)21-8-13(20)19(2)3/h4-5,7,9H,6,8,18H2,1-3H3. The van der Waals surface area contributed by atoms with Gasteiger partial charge in [0.25, 0.3) is 5.91 Å². The summed E-state index contributed by atoms with van der Waals surface area (Å²) >= 11 is 0. The third-order valence-corrected chi connectivity index (χ3v) is 2.76. The highest BCUT2D eigenvalue weighted by atomic mass is 19.4. The van der Waals surface area contributed by atoms with Crippen LogP contribution in [0.2, 0.25) is 0 Å². The Kier molecular flexibility index (Phi) is 5.60. The maximum atomic E-state index is 13.0. The Morgan fingerprint density at radius 1 is 1.38 bits per heavy atom. The van der Waals surface area contributed by atoms with Crippen molar-refractivity contribution in [1.82, 2.24) is 4.90 Å². The highest BCUT2D eigenvalue weighted by Crippen LogP contribution is 2.37. The number of hydrogen-bond donors (Lipinski definition) is 1. The summed E-state index contributed by atoms with van der Waals surface area (Å²) in [5.41, 5.74) is 5.17. The van der Waals surface area contributed by atoms with Gasteiger partial charge in [-0.25, -0.2) is 0 Å². The monoisotopic (exact) mass is 304 g/mol. The summed E-state index contributed by atoms with van der Waals surface area (Å²) < 4.78 is 44.1. The van der Waals surface area contributed by atoms with E-state index in [1.165, 1.54) is 31.1 Å². The minimum absolute atomic E-state index is 0.242. The van der Waals surface area contributed by atoms with Crippen LogP contribution in [0.4, 0.5) is 13.2 Å². The Morgan fingerprint density at radius 3 is 2.48 bits per heavy atom. The van der Waals surface area contributed by atoms with E-state index in [0.29, 0.717) is 12.0 Å². The molecular formula is C14H19F3N2O2. The van der Waals surface area contributed by atoms with E-state index >= 15 is 0 Å². The Hall–Kier alpha value is -1.76. The van der Waals surface area contributed by atoms with Gasteiger partial charge < -0.3 is 15.4 Å². The van der Waals surface area contributed by atoms with Gasteiger partial charge in [-0.2, -0.15) is 13.2 Å².